The summed E-state index contributed by atoms with van der Waals surface area (Å²) in [7, 11) is -8.90. The van der Waals surface area contributed by atoms with E-state index < -0.39 is 87.0 Å². The number of halogens is 3. The largest absolute Gasteiger partial charge is 0.697 e. The summed E-state index contributed by atoms with van der Waals surface area (Å²) >= 11 is 0. The number of hydrogen-bond donors (Lipinski definition) is 4. The molecule has 348 valence electrons. The maximum atomic E-state index is 13.2. The van der Waals surface area contributed by atoms with Crippen LogP contribution < -0.4 is 5.32 Å². The highest BCUT2D eigenvalue weighted by Crippen LogP contribution is 2.39. The van der Waals surface area contributed by atoms with E-state index in [1.54, 1.807) is 0 Å². The van der Waals surface area contributed by atoms with Crippen LogP contribution in [0.1, 0.15) is 144 Å². The Hall–Kier alpha value is -0.840. The maximum Gasteiger partial charge on any atom is 0.697 e. The molecule has 0 fully saturated rings. The van der Waals surface area contributed by atoms with Crippen LogP contribution in [0.4, 0.5) is 13.2 Å². The molecule has 0 aliphatic rings. The lowest BCUT2D eigenvalue weighted by Gasteiger charge is -2.34. The Morgan fingerprint density at radius 2 is 0.932 bits per heavy atom. The van der Waals surface area contributed by atoms with Crippen molar-refractivity contribution in [2.75, 3.05) is 59.4 Å². The number of aliphatic hydroxyl groups excluding tert-OH is 2. The van der Waals surface area contributed by atoms with Gasteiger partial charge in [-0.3, -0.25) is 4.79 Å². The van der Waals surface area contributed by atoms with Gasteiger partial charge >= 0.3 is 36.8 Å². The van der Waals surface area contributed by atoms with Gasteiger partial charge in [-0.15, -0.1) is 27.5 Å². The third-order valence-electron chi connectivity index (χ3n) is 10.0. The number of ether oxygens (including phenoxy) is 2. The van der Waals surface area contributed by atoms with E-state index in [0.29, 0.717) is 25.9 Å². The average molecular weight is 919 g/mol. The Balaban J connectivity index is 5.92. The zero-order chi connectivity index (χ0) is 44.6. The van der Waals surface area contributed by atoms with Crippen LogP contribution >= 0.6 is 24.8 Å². The van der Waals surface area contributed by atoms with Gasteiger partial charge in [0.05, 0.1) is 39.6 Å². The van der Waals surface area contributed by atoms with Crippen LogP contribution in [-0.4, -0.2) is 105 Å². The molecule has 5 unspecified atom stereocenters. The van der Waals surface area contributed by atoms with E-state index in [4.69, 9.17) is 32.1 Å². The maximum absolute atomic E-state index is 13.2. The second-order valence-electron chi connectivity index (χ2n) is 15.2. The lowest BCUT2D eigenvalue weighted by molar-refractivity contribution is -0.173. The summed E-state index contributed by atoms with van der Waals surface area (Å²) < 4.78 is 114. The molecule has 0 radical (unpaired) electrons. The summed E-state index contributed by atoms with van der Waals surface area (Å²) in [6, 6.07) is 0. The van der Waals surface area contributed by atoms with Crippen LogP contribution in [0.2, 0.25) is 0 Å². The van der Waals surface area contributed by atoms with Gasteiger partial charge in [-0.05, 0) is 55.8 Å². The Kier molecular flexibility index (Phi) is 34.1. The van der Waals surface area contributed by atoms with Gasteiger partial charge in [0.2, 0.25) is 0 Å². The van der Waals surface area contributed by atoms with Crippen molar-refractivity contribution in [3.05, 3.63) is 0 Å². The van der Waals surface area contributed by atoms with Gasteiger partial charge < -0.3 is 25.0 Å². The van der Waals surface area contributed by atoms with E-state index >= 15 is 0 Å². The molecule has 1 amide bonds. The van der Waals surface area contributed by atoms with Gasteiger partial charge in [-0.1, -0.05) is 98.8 Å². The van der Waals surface area contributed by atoms with Gasteiger partial charge in [0.15, 0.2) is 18.3 Å². The van der Waals surface area contributed by atoms with Crippen LogP contribution in [0.25, 0.3) is 0 Å². The minimum absolute atomic E-state index is 0.0525. The van der Waals surface area contributed by atoms with Crippen LogP contribution in [0.3, 0.4) is 0 Å². The molecule has 0 rings (SSSR count). The van der Waals surface area contributed by atoms with Crippen LogP contribution in [0.15, 0.2) is 0 Å². The monoisotopic (exact) mass is 918 g/mol. The van der Waals surface area contributed by atoms with Gasteiger partial charge in [0.25, 0.3) is 0 Å². The molecule has 0 heterocycles. The Bertz CT molecular complexity index is 1110. The molecular weight excluding hydrogens is 844 g/mol. The first kappa shape index (κ1) is 58.2. The Labute approximate surface area is 352 Å². The molecule has 5 atom stereocenters. The molecule has 15 nitrogen and oxygen atoms in total. The molecule has 0 spiro atoms. The van der Waals surface area contributed by atoms with Gasteiger partial charge in [-0.25, -0.2) is 0 Å². The number of hydrogen-bond acceptors (Lipinski definition) is 13. The fourth-order valence-electron chi connectivity index (χ4n) is 6.58. The SMILES string of the molecule is CCCCC(CCCC)(CCCC)COCC(CO[P+](=O)OC(COCC(CCCC)(CCCC)CCCNC(=O)C(F)(F)F)CO[P+](=O)OC(CO)CO)O[P+](=O)O. The van der Waals surface area contributed by atoms with Crippen molar-refractivity contribution < 1.29 is 78.9 Å². The molecule has 0 bridgehead atoms. The molecule has 0 aromatic heterocycles. The fourth-order valence-corrected chi connectivity index (χ4v) is 8.40. The predicted octanol–water partition coefficient (Wildman–Crippen LogP) is 9.54. The molecule has 59 heavy (non-hydrogen) atoms. The predicted molar refractivity (Wildman–Crippen MR) is 218 cm³/mol. The highest BCUT2D eigenvalue weighted by Gasteiger charge is 2.40. The smallest absolute Gasteiger partial charge is 0.393 e. The second kappa shape index (κ2) is 34.6. The number of aliphatic hydroxyl groups is 2. The first-order valence-electron chi connectivity index (χ1n) is 21.2. The summed E-state index contributed by atoms with van der Waals surface area (Å²) in [5.74, 6) is -2.01. The zero-order valence-corrected chi connectivity index (χ0v) is 38.6. The summed E-state index contributed by atoms with van der Waals surface area (Å²) in [6.07, 6.45) is 6.20. The van der Waals surface area contributed by atoms with Crippen molar-refractivity contribution in [3.63, 3.8) is 0 Å². The van der Waals surface area contributed by atoms with E-state index in [2.05, 4.69) is 20.8 Å². The fraction of sp³-hybridized carbons (Fsp3) is 0.974. The molecular formula is C38H74F3NO14P3+3. The lowest BCUT2D eigenvalue weighted by atomic mass is 9.75. The van der Waals surface area contributed by atoms with Gasteiger partial charge in [0, 0.05) is 20.2 Å². The highest BCUT2D eigenvalue weighted by molar-refractivity contribution is 7.33. The van der Waals surface area contributed by atoms with Crippen LogP contribution in [0, 0.1) is 10.8 Å². The molecule has 4 N–H and O–H groups in total. The average Bonchev–Trinajstić information content (AvgIpc) is 3.20. The minimum Gasteiger partial charge on any atom is -0.393 e. The second-order valence-corrected chi connectivity index (χ2v) is 17.7. The third kappa shape index (κ3) is 28.5. The van der Waals surface area contributed by atoms with Crippen molar-refractivity contribution in [2.24, 2.45) is 10.8 Å². The van der Waals surface area contributed by atoms with Crippen molar-refractivity contribution in [2.45, 2.75) is 168 Å². The third-order valence-corrected chi connectivity index (χ3v) is 12.1. The van der Waals surface area contributed by atoms with Crippen molar-refractivity contribution >= 4 is 30.7 Å². The van der Waals surface area contributed by atoms with E-state index in [0.717, 1.165) is 83.5 Å². The molecule has 0 aliphatic carbocycles. The molecule has 0 saturated carbocycles. The number of nitrogens with one attached hydrogen (secondary N) is 1. The normalized spacial score (nSPS) is 14.4. The number of rotatable bonds is 41. The highest BCUT2D eigenvalue weighted by atomic mass is 31.1. The number of carbonyl (C=O) groups excluding carboxylic acids is 1. The molecule has 0 saturated heterocycles. The quantitative estimate of drug-likeness (QED) is 0.0333. The standard InChI is InChI=1S/C38H72F3NO14P3/c1-6-11-17-36(18-12-7-2,19-13-8-3)30-50-26-33(54-57(46)47)28-52-59(49)56-34(29-53-58(48)55-32(24-43)25-44)27-51-31-37(20-14-9-4,21-15-10-5)22-16-23-42-35(45)38(39,40)41/h32-34,43-44H,6-31H2,1-5H3/q+1/p+2. The van der Waals surface area contributed by atoms with E-state index in [-0.39, 0.29) is 38.2 Å². The molecule has 0 aliphatic heterocycles. The molecule has 0 aromatic carbocycles. The topological polar surface area (TPSA) is 206 Å². The van der Waals surface area contributed by atoms with Crippen molar-refractivity contribution in [3.8, 4) is 0 Å². The summed E-state index contributed by atoms with van der Waals surface area (Å²) in [6.45, 7) is 8.24. The van der Waals surface area contributed by atoms with E-state index in [9.17, 15) is 46.8 Å². The van der Waals surface area contributed by atoms with Crippen molar-refractivity contribution in [1.29, 1.82) is 0 Å². The molecule has 21 heteroatoms. The number of amides is 1. The first-order valence-corrected chi connectivity index (χ1v) is 24.5. The first-order chi connectivity index (χ1) is 28.1. The summed E-state index contributed by atoms with van der Waals surface area (Å²) in [4.78, 5) is 20.9. The lowest BCUT2D eigenvalue weighted by Crippen LogP contribution is -2.38. The zero-order valence-electron chi connectivity index (χ0n) is 35.9. The van der Waals surface area contributed by atoms with Gasteiger partial charge in [-0.2, -0.15) is 13.2 Å². The van der Waals surface area contributed by atoms with Crippen LogP contribution in [0.5, 0.6) is 0 Å². The minimum atomic E-state index is -4.98. The summed E-state index contributed by atoms with van der Waals surface area (Å²) in [5.41, 5.74) is -0.529. The van der Waals surface area contributed by atoms with Gasteiger partial charge in [0.1, 0.15) is 13.2 Å². The van der Waals surface area contributed by atoms with Crippen LogP contribution in [-0.2, 0) is 50.6 Å². The molecule has 0 aromatic rings. The van der Waals surface area contributed by atoms with Crippen molar-refractivity contribution in [1.82, 2.24) is 5.32 Å². The summed E-state index contributed by atoms with van der Waals surface area (Å²) in [5, 5.41) is 20.5. The number of unbranched alkanes of at least 4 members (excludes halogenated alkanes) is 5. The number of alkyl halides is 3. The Morgan fingerprint density at radius 1 is 0.576 bits per heavy atom. The number of carbonyl (C=O) groups is 1. The van der Waals surface area contributed by atoms with E-state index in [1.165, 1.54) is 0 Å². The Morgan fingerprint density at radius 3 is 1.27 bits per heavy atom. The van der Waals surface area contributed by atoms with E-state index in [1.807, 2.05) is 19.2 Å².